The number of carbonyl (C=O) groups excluding carboxylic acids is 1. The van der Waals surface area contributed by atoms with Crippen molar-refractivity contribution in [2.45, 2.75) is 16.0 Å². The molecule has 11 heteroatoms. The van der Waals surface area contributed by atoms with Crippen LogP contribution in [0.5, 0.6) is 0 Å². The number of morpholine rings is 1. The first kappa shape index (κ1) is 22.6. The van der Waals surface area contributed by atoms with Crippen molar-refractivity contribution in [3.05, 3.63) is 54.1 Å². The molecule has 1 amide bonds. The second-order valence-corrected chi connectivity index (χ2v) is 9.35. The Hall–Kier alpha value is -2.08. The third-order valence-corrected chi connectivity index (χ3v) is 7.30. The summed E-state index contributed by atoms with van der Waals surface area (Å²) in [6.45, 7) is 1.17. The molecule has 1 fully saturated rings. The summed E-state index contributed by atoms with van der Waals surface area (Å²) >= 11 is 0.578. The molecule has 2 aromatic carbocycles. The molecule has 0 atom stereocenters. The average molecular weight is 460 g/mol. The first-order valence-electron chi connectivity index (χ1n) is 8.95. The molecule has 0 aromatic heterocycles. The number of halogens is 3. The quantitative estimate of drug-likeness (QED) is 0.667. The van der Waals surface area contributed by atoms with Crippen molar-refractivity contribution in [1.82, 2.24) is 4.31 Å². The Morgan fingerprint density at radius 3 is 2.33 bits per heavy atom. The van der Waals surface area contributed by atoms with E-state index >= 15 is 0 Å². The van der Waals surface area contributed by atoms with Gasteiger partial charge < -0.3 is 10.1 Å². The van der Waals surface area contributed by atoms with Gasteiger partial charge in [-0.1, -0.05) is 12.1 Å². The van der Waals surface area contributed by atoms with Crippen molar-refractivity contribution in [3.63, 3.8) is 0 Å². The van der Waals surface area contributed by atoms with Crippen LogP contribution in [0.1, 0.15) is 10.4 Å². The van der Waals surface area contributed by atoms with Crippen LogP contribution in [-0.4, -0.2) is 56.9 Å². The van der Waals surface area contributed by atoms with Crippen LogP contribution in [0.15, 0.2) is 58.3 Å². The Balaban J connectivity index is 1.71. The first-order chi connectivity index (χ1) is 14.2. The standard InChI is InChI=1S/C19H19F3N2O4S2/c20-19(21,22)13-29-17-4-2-1-3-16(17)23-18(25)14-5-7-15(8-6-14)30(26,27)24-9-11-28-12-10-24/h1-8H,9-13H2,(H,23,25). The van der Waals surface area contributed by atoms with E-state index in [1.165, 1.54) is 40.7 Å². The molecule has 1 aliphatic heterocycles. The Morgan fingerprint density at radius 1 is 1.07 bits per heavy atom. The number of hydrogen-bond donors (Lipinski definition) is 1. The number of carbonyl (C=O) groups is 1. The van der Waals surface area contributed by atoms with Crippen LogP contribution in [0, 0.1) is 0 Å². The molecular weight excluding hydrogens is 441 g/mol. The number of anilines is 1. The van der Waals surface area contributed by atoms with Crippen molar-refractivity contribution in [3.8, 4) is 0 Å². The van der Waals surface area contributed by atoms with E-state index in [0.29, 0.717) is 25.0 Å². The summed E-state index contributed by atoms with van der Waals surface area (Å²) in [4.78, 5) is 12.9. The highest BCUT2D eigenvalue weighted by Crippen LogP contribution is 2.32. The summed E-state index contributed by atoms with van der Waals surface area (Å²) in [5, 5.41) is 2.58. The van der Waals surface area contributed by atoms with Crippen LogP contribution >= 0.6 is 11.8 Å². The lowest BCUT2D eigenvalue weighted by atomic mass is 10.2. The number of benzene rings is 2. The molecule has 162 valence electrons. The predicted octanol–water partition coefficient (Wildman–Crippen LogP) is 3.61. The summed E-state index contributed by atoms with van der Waals surface area (Å²) in [6.07, 6.45) is -4.33. The van der Waals surface area contributed by atoms with E-state index in [1.54, 1.807) is 12.1 Å². The average Bonchev–Trinajstić information content (AvgIpc) is 2.73. The smallest absolute Gasteiger partial charge is 0.379 e. The molecule has 2 aromatic rings. The van der Waals surface area contributed by atoms with Gasteiger partial charge >= 0.3 is 6.18 Å². The maximum atomic E-state index is 12.6. The fourth-order valence-corrected chi connectivity index (χ4v) is 4.94. The van der Waals surface area contributed by atoms with Gasteiger partial charge in [-0.25, -0.2) is 8.42 Å². The Morgan fingerprint density at radius 2 is 1.70 bits per heavy atom. The molecule has 0 saturated carbocycles. The van der Waals surface area contributed by atoms with Gasteiger partial charge in [0, 0.05) is 23.5 Å². The number of nitrogens with one attached hydrogen (secondary N) is 1. The number of nitrogens with zero attached hydrogens (tertiary/aromatic N) is 1. The lowest BCUT2D eigenvalue weighted by Crippen LogP contribution is -2.40. The highest BCUT2D eigenvalue weighted by Gasteiger charge is 2.28. The van der Waals surface area contributed by atoms with Crippen LogP contribution in [0.25, 0.3) is 0 Å². The molecule has 0 bridgehead atoms. The maximum absolute atomic E-state index is 12.6. The number of para-hydroxylation sites is 1. The van der Waals surface area contributed by atoms with Gasteiger partial charge in [0.05, 0.1) is 29.5 Å². The van der Waals surface area contributed by atoms with Crippen molar-refractivity contribution < 1.29 is 31.1 Å². The van der Waals surface area contributed by atoms with E-state index in [4.69, 9.17) is 4.74 Å². The SMILES string of the molecule is O=C(Nc1ccccc1SCC(F)(F)F)c1ccc(S(=O)(=O)N2CCOCC2)cc1. The second kappa shape index (κ2) is 9.38. The number of rotatable bonds is 6. The molecule has 1 heterocycles. The number of hydrogen-bond acceptors (Lipinski definition) is 5. The van der Waals surface area contributed by atoms with Gasteiger partial charge in [-0.3, -0.25) is 4.79 Å². The van der Waals surface area contributed by atoms with Crippen LogP contribution in [-0.2, 0) is 14.8 Å². The molecule has 1 N–H and O–H groups in total. The summed E-state index contributed by atoms with van der Waals surface area (Å²) in [5.74, 6) is -1.63. The number of ether oxygens (including phenoxy) is 1. The van der Waals surface area contributed by atoms with E-state index in [-0.39, 0.29) is 34.1 Å². The molecule has 1 saturated heterocycles. The van der Waals surface area contributed by atoms with Crippen LogP contribution < -0.4 is 5.32 Å². The molecule has 0 unspecified atom stereocenters. The third-order valence-electron chi connectivity index (χ3n) is 4.25. The Bertz CT molecular complexity index is 990. The highest BCUT2D eigenvalue weighted by atomic mass is 32.2. The van der Waals surface area contributed by atoms with Gasteiger partial charge in [0.1, 0.15) is 0 Å². The molecule has 0 aliphatic carbocycles. The zero-order valence-electron chi connectivity index (χ0n) is 15.7. The first-order valence-corrected chi connectivity index (χ1v) is 11.4. The molecule has 6 nitrogen and oxygen atoms in total. The van der Waals surface area contributed by atoms with Crippen molar-refractivity contribution in [1.29, 1.82) is 0 Å². The molecule has 1 aliphatic rings. The van der Waals surface area contributed by atoms with Gasteiger partial charge in [0.2, 0.25) is 10.0 Å². The summed E-state index contributed by atoms with van der Waals surface area (Å²) < 4.78 is 69.2. The largest absolute Gasteiger partial charge is 0.398 e. The number of thioether (sulfide) groups is 1. The van der Waals surface area contributed by atoms with E-state index < -0.39 is 27.9 Å². The Kier molecular flexibility index (Phi) is 7.06. The van der Waals surface area contributed by atoms with E-state index in [2.05, 4.69) is 5.32 Å². The molecule has 3 rings (SSSR count). The minimum Gasteiger partial charge on any atom is -0.379 e. The van der Waals surface area contributed by atoms with E-state index in [9.17, 15) is 26.4 Å². The van der Waals surface area contributed by atoms with Crippen LogP contribution in [0.4, 0.5) is 18.9 Å². The van der Waals surface area contributed by atoms with Crippen molar-refractivity contribution in [2.75, 3.05) is 37.4 Å². The van der Waals surface area contributed by atoms with E-state index in [1.807, 2.05) is 0 Å². The highest BCUT2D eigenvalue weighted by molar-refractivity contribution is 7.99. The lowest BCUT2D eigenvalue weighted by Gasteiger charge is -2.26. The Labute approximate surface area is 176 Å². The maximum Gasteiger partial charge on any atom is 0.398 e. The fraction of sp³-hybridized carbons (Fsp3) is 0.316. The van der Waals surface area contributed by atoms with Gasteiger partial charge in [-0.2, -0.15) is 17.5 Å². The minimum atomic E-state index is -4.33. The van der Waals surface area contributed by atoms with Crippen molar-refractivity contribution in [2.24, 2.45) is 0 Å². The zero-order chi connectivity index (χ0) is 21.8. The zero-order valence-corrected chi connectivity index (χ0v) is 17.3. The normalized spacial score (nSPS) is 15.7. The number of amides is 1. The van der Waals surface area contributed by atoms with Crippen molar-refractivity contribution >= 4 is 33.4 Å². The van der Waals surface area contributed by atoms with Gasteiger partial charge in [0.15, 0.2) is 0 Å². The predicted molar refractivity (Wildman–Crippen MR) is 107 cm³/mol. The van der Waals surface area contributed by atoms with Crippen LogP contribution in [0.3, 0.4) is 0 Å². The summed E-state index contributed by atoms with van der Waals surface area (Å²) in [7, 11) is -3.68. The molecular formula is C19H19F3N2O4S2. The molecule has 0 radical (unpaired) electrons. The van der Waals surface area contributed by atoms with Crippen LogP contribution in [0.2, 0.25) is 0 Å². The second-order valence-electron chi connectivity index (χ2n) is 6.39. The fourth-order valence-electron chi connectivity index (χ4n) is 2.76. The summed E-state index contributed by atoms with van der Waals surface area (Å²) in [6, 6.07) is 11.6. The third kappa shape index (κ3) is 5.75. The number of sulfonamides is 1. The van der Waals surface area contributed by atoms with E-state index in [0.717, 1.165) is 0 Å². The molecule has 0 spiro atoms. The van der Waals surface area contributed by atoms with Gasteiger partial charge in [-0.15, -0.1) is 11.8 Å². The number of alkyl halides is 3. The summed E-state index contributed by atoms with van der Waals surface area (Å²) in [5.41, 5.74) is 0.438. The minimum absolute atomic E-state index is 0.0575. The topological polar surface area (TPSA) is 75.7 Å². The van der Waals surface area contributed by atoms with Gasteiger partial charge in [-0.05, 0) is 36.4 Å². The molecule has 30 heavy (non-hydrogen) atoms. The van der Waals surface area contributed by atoms with Gasteiger partial charge in [0.25, 0.3) is 5.91 Å². The monoisotopic (exact) mass is 460 g/mol. The lowest BCUT2D eigenvalue weighted by molar-refractivity contribution is -0.105.